The van der Waals surface area contributed by atoms with Gasteiger partial charge < -0.3 is 9.32 Å². The van der Waals surface area contributed by atoms with Crippen LogP contribution in [0, 0.1) is 5.92 Å². The fraction of sp³-hybridized carbons (Fsp3) is 0.348. The zero-order valence-electron chi connectivity index (χ0n) is 17.4. The molecule has 1 aromatic carbocycles. The van der Waals surface area contributed by atoms with E-state index in [2.05, 4.69) is 71.2 Å². The average Bonchev–Trinajstić information content (AvgIpc) is 3.51. The summed E-state index contributed by atoms with van der Waals surface area (Å²) < 4.78 is 7.67. The molecule has 0 spiro atoms. The Hall–Kier alpha value is -2.77. The predicted molar refractivity (Wildman–Crippen MR) is 117 cm³/mol. The second-order valence-corrected chi connectivity index (χ2v) is 8.92. The third-order valence-electron chi connectivity index (χ3n) is 5.36. The van der Waals surface area contributed by atoms with Gasteiger partial charge in [-0.1, -0.05) is 50.2 Å². The number of hydrogen-bond donors (Lipinski definition) is 1. The number of aryl methyl sites for hydroxylation is 2. The van der Waals surface area contributed by atoms with Gasteiger partial charge in [0.15, 0.2) is 11.8 Å². The third-order valence-corrected chi connectivity index (χ3v) is 6.24. The molecule has 7 heteroatoms. The molecule has 0 fully saturated rings. The molecule has 0 amide bonds. The molecular weight excluding hydrogens is 394 g/mol. The van der Waals surface area contributed by atoms with Gasteiger partial charge in [0.1, 0.15) is 13.1 Å². The molecule has 30 heavy (non-hydrogen) atoms. The smallest absolute Gasteiger partial charge is 0.209 e. The minimum Gasteiger partial charge on any atom is -0.463 e. The van der Waals surface area contributed by atoms with E-state index in [1.165, 1.54) is 15.3 Å². The molecule has 4 rings (SSSR count). The summed E-state index contributed by atoms with van der Waals surface area (Å²) >= 11 is 1.79. The van der Waals surface area contributed by atoms with Crippen LogP contribution in [0.5, 0.6) is 0 Å². The van der Waals surface area contributed by atoms with Crippen LogP contribution >= 0.6 is 11.3 Å². The summed E-state index contributed by atoms with van der Waals surface area (Å²) in [4.78, 5) is 2.74. The van der Waals surface area contributed by atoms with E-state index in [4.69, 9.17) is 4.42 Å². The molecule has 0 radical (unpaired) electrons. The van der Waals surface area contributed by atoms with Gasteiger partial charge in [-0.3, -0.25) is 0 Å². The Balaban J connectivity index is 1.59. The highest BCUT2D eigenvalue weighted by Crippen LogP contribution is 2.19. The van der Waals surface area contributed by atoms with Crippen molar-refractivity contribution in [2.24, 2.45) is 5.92 Å². The van der Waals surface area contributed by atoms with Gasteiger partial charge >= 0.3 is 0 Å². The lowest BCUT2D eigenvalue weighted by atomic mass is 10.0. The molecule has 2 atom stereocenters. The van der Waals surface area contributed by atoms with Crippen molar-refractivity contribution in [1.82, 2.24) is 20.2 Å². The molecule has 0 aliphatic rings. The molecule has 0 saturated carbocycles. The van der Waals surface area contributed by atoms with E-state index >= 15 is 0 Å². The highest BCUT2D eigenvalue weighted by molar-refractivity contribution is 7.09. The van der Waals surface area contributed by atoms with E-state index in [-0.39, 0.29) is 6.04 Å². The summed E-state index contributed by atoms with van der Waals surface area (Å²) in [5.41, 5.74) is 1.29. The van der Waals surface area contributed by atoms with Crippen LogP contribution in [0.3, 0.4) is 0 Å². The number of benzene rings is 1. The van der Waals surface area contributed by atoms with Gasteiger partial charge in [0, 0.05) is 12.5 Å². The van der Waals surface area contributed by atoms with Crippen LogP contribution in [0.4, 0.5) is 0 Å². The van der Waals surface area contributed by atoms with Crippen molar-refractivity contribution < 1.29 is 9.32 Å². The molecule has 156 valence electrons. The number of tetrazole rings is 1. The van der Waals surface area contributed by atoms with Crippen molar-refractivity contribution in [3.05, 3.63) is 88.3 Å². The van der Waals surface area contributed by atoms with Crippen LogP contribution in [0.1, 0.15) is 41.9 Å². The molecule has 6 nitrogen and oxygen atoms in total. The Bertz CT molecular complexity index is 959. The molecule has 0 saturated heterocycles. The minimum absolute atomic E-state index is 0.156. The van der Waals surface area contributed by atoms with Crippen LogP contribution in [0.2, 0.25) is 0 Å². The molecule has 3 aromatic heterocycles. The van der Waals surface area contributed by atoms with Crippen LogP contribution in [-0.4, -0.2) is 20.2 Å². The van der Waals surface area contributed by atoms with Crippen molar-refractivity contribution in [2.45, 2.75) is 45.9 Å². The lowest BCUT2D eigenvalue weighted by molar-refractivity contribution is -0.963. The summed E-state index contributed by atoms with van der Waals surface area (Å²) in [5.74, 6) is 2.30. The molecule has 0 aliphatic heterocycles. The summed E-state index contributed by atoms with van der Waals surface area (Å²) in [6.45, 7) is 6.96. The number of nitrogens with one attached hydrogen (secondary N) is 1. The molecule has 0 aliphatic carbocycles. The van der Waals surface area contributed by atoms with Gasteiger partial charge in [-0.15, -0.1) is 16.4 Å². The third kappa shape index (κ3) is 5.04. The van der Waals surface area contributed by atoms with Gasteiger partial charge in [-0.25, -0.2) is 4.68 Å². The number of aromatic nitrogens is 4. The highest BCUT2D eigenvalue weighted by Gasteiger charge is 2.33. The van der Waals surface area contributed by atoms with Crippen molar-refractivity contribution in [3.63, 3.8) is 0 Å². The van der Waals surface area contributed by atoms with Crippen molar-refractivity contribution in [1.29, 1.82) is 0 Å². The molecule has 0 bridgehead atoms. The maximum absolute atomic E-state index is 5.69. The Morgan fingerprint density at radius 2 is 1.90 bits per heavy atom. The lowest BCUT2D eigenvalue weighted by Crippen LogP contribution is -3.10. The summed E-state index contributed by atoms with van der Waals surface area (Å²) in [6, 6.07) is 18.9. The van der Waals surface area contributed by atoms with Crippen molar-refractivity contribution in [2.75, 3.05) is 0 Å². The van der Waals surface area contributed by atoms with E-state index < -0.39 is 0 Å². The zero-order chi connectivity index (χ0) is 20.8. The number of nitrogens with zero attached hydrogens (tertiary/aromatic N) is 4. The molecule has 3 heterocycles. The van der Waals surface area contributed by atoms with E-state index in [0.717, 1.165) is 37.6 Å². The largest absolute Gasteiger partial charge is 0.463 e. The van der Waals surface area contributed by atoms with E-state index in [1.54, 1.807) is 17.6 Å². The minimum atomic E-state index is 0.156. The zero-order valence-corrected chi connectivity index (χ0v) is 18.3. The van der Waals surface area contributed by atoms with E-state index in [1.807, 2.05) is 22.9 Å². The van der Waals surface area contributed by atoms with E-state index in [0.29, 0.717) is 5.92 Å². The van der Waals surface area contributed by atoms with Crippen LogP contribution in [0.15, 0.2) is 70.7 Å². The number of thiophene rings is 1. The van der Waals surface area contributed by atoms with Gasteiger partial charge in [0.05, 0.1) is 11.1 Å². The molecular formula is C23H28N5OS+. The second kappa shape index (κ2) is 9.82. The maximum atomic E-state index is 5.69. The first-order valence-electron chi connectivity index (χ1n) is 10.4. The quantitative estimate of drug-likeness (QED) is 0.425. The summed E-state index contributed by atoms with van der Waals surface area (Å²) in [5, 5.41) is 15.0. The van der Waals surface area contributed by atoms with Crippen LogP contribution in [-0.2, 0) is 26.1 Å². The number of hydrogen-bond acceptors (Lipinski definition) is 5. The highest BCUT2D eigenvalue weighted by atomic mass is 32.1. The molecule has 1 unspecified atom stereocenters. The first-order chi connectivity index (χ1) is 14.7. The Labute approximate surface area is 181 Å². The topological polar surface area (TPSA) is 61.2 Å². The number of rotatable bonds is 10. The van der Waals surface area contributed by atoms with Gasteiger partial charge in [0.25, 0.3) is 0 Å². The predicted octanol–water partition coefficient (Wildman–Crippen LogP) is 3.55. The van der Waals surface area contributed by atoms with Gasteiger partial charge in [-0.2, -0.15) is 0 Å². The second-order valence-electron chi connectivity index (χ2n) is 7.89. The lowest BCUT2D eigenvalue weighted by Gasteiger charge is -2.29. The van der Waals surface area contributed by atoms with Crippen molar-refractivity contribution in [3.8, 4) is 0 Å². The Morgan fingerprint density at radius 3 is 2.60 bits per heavy atom. The van der Waals surface area contributed by atoms with Crippen LogP contribution in [0.25, 0.3) is 0 Å². The Morgan fingerprint density at radius 1 is 1.03 bits per heavy atom. The number of quaternary nitrogens is 1. The maximum Gasteiger partial charge on any atom is 0.209 e. The average molecular weight is 423 g/mol. The van der Waals surface area contributed by atoms with Crippen LogP contribution < -0.4 is 4.90 Å². The normalized spacial score (nSPS) is 13.6. The van der Waals surface area contributed by atoms with E-state index in [9.17, 15) is 0 Å². The Kier molecular flexibility index (Phi) is 6.71. The SMILES string of the molecule is CC(C)[C@H](c1nnnn1CCc1ccccc1)[NH+](Cc1ccco1)Cc1cccs1. The molecule has 1 N–H and O–H groups in total. The van der Waals surface area contributed by atoms with Gasteiger partial charge in [-0.05, 0) is 46.0 Å². The molecule has 4 aromatic rings. The number of furan rings is 1. The van der Waals surface area contributed by atoms with Crippen molar-refractivity contribution >= 4 is 11.3 Å². The fourth-order valence-electron chi connectivity index (χ4n) is 3.98. The van der Waals surface area contributed by atoms with Gasteiger partial charge in [0.2, 0.25) is 5.82 Å². The monoisotopic (exact) mass is 422 g/mol. The summed E-state index contributed by atoms with van der Waals surface area (Å²) in [7, 11) is 0. The fourth-order valence-corrected chi connectivity index (χ4v) is 4.74. The first-order valence-corrected chi connectivity index (χ1v) is 11.3. The standard InChI is InChI=1S/C23H27N5OS/c1-18(2)22(23-24-25-26-28(23)13-12-19-8-4-3-5-9-19)27(16-20-10-6-14-29-20)17-21-11-7-15-30-21/h3-11,14-15,18,22H,12-13,16-17H2,1-2H3/p+1/t22-/m1/s1. The first kappa shape index (κ1) is 20.5. The summed E-state index contributed by atoms with van der Waals surface area (Å²) in [6.07, 6.45) is 2.65.